The third kappa shape index (κ3) is 5.03. The Morgan fingerprint density at radius 2 is 1.60 bits per heavy atom. The molecule has 3 rings (SSSR count). The second kappa shape index (κ2) is 8.27. The van der Waals surface area contributed by atoms with Gasteiger partial charge in [-0.2, -0.15) is 0 Å². The Bertz CT molecular complexity index is 835. The van der Waals surface area contributed by atoms with E-state index in [-0.39, 0.29) is 5.91 Å². The fraction of sp³-hybridized carbons (Fsp3) is 0. The lowest BCUT2D eigenvalue weighted by molar-refractivity contribution is 0.0948. The summed E-state index contributed by atoms with van der Waals surface area (Å²) in [5.41, 5.74) is 5.99. The molecule has 5 nitrogen and oxygen atoms in total. The highest BCUT2D eigenvalue weighted by Crippen LogP contribution is 2.22. The van der Waals surface area contributed by atoms with Crippen molar-refractivity contribution in [3.05, 3.63) is 77.0 Å². The summed E-state index contributed by atoms with van der Waals surface area (Å²) in [4.78, 5) is 12.4. The van der Waals surface area contributed by atoms with E-state index in [1.165, 1.54) is 11.3 Å². The van der Waals surface area contributed by atoms with Gasteiger partial charge in [-0.25, -0.2) is 0 Å². The fourth-order valence-corrected chi connectivity index (χ4v) is 2.76. The predicted molar refractivity (Wildman–Crippen MR) is 104 cm³/mol. The van der Waals surface area contributed by atoms with Gasteiger partial charge in [0.2, 0.25) is 0 Å². The van der Waals surface area contributed by atoms with Gasteiger partial charge in [-0.05, 0) is 60.1 Å². The van der Waals surface area contributed by atoms with Crippen LogP contribution in [0.15, 0.2) is 72.1 Å². The first-order chi connectivity index (χ1) is 12.2. The molecule has 0 fully saturated rings. The number of ether oxygens (including phenoxy) is 1. The van der Waals surface area contributed by atoms with E-state index in [1.54, 1.807) is 6.07 Å². The highest BCUT2D eigenvalue weighted by atomic mass is 32.1. The summed E-state index contributed by atoms with van der Waals surface area (Å²) in [6, 6.07) is 20.5. The summed E-state index contributed by atoms with van der Waals surface area (Å²) in [6.45, 7) is 0. The molecule has 25 heavy (non-hydrogen) atoms. The second-order valence-electron chi connectivity index (χ2n) is 4.95. The van der Waals surface area contributed by atoms with E-state index in [9.17, 15) is 4.79 Å². The van der Waals surface area contributed by atoms with Gasteiger partial charge in [0.25, 0.3) is 5.91 Å². The first kappa shape index (κ1) is 16.9. The molecular weight excluding hydrogens is 354 g/mol. The quantitative estimate of drug-likeness (QED) is 0.476. The van der Waals surface area contributed by atoms with Gasteiger partial charge in [-0.1, -0.05) is 24.3 Å². The molecule has 0 radical (unpaired) electrons. The van der Waals surface area contributed by atoms with E-state index in [2.05, 4.69) is 16.2 Å². The van der Waals surface area contributed by atoms with E-state index in [0.717, 1.165) is 17.2 Å². The Labute approximate surface area is 154 Å². The van der Waals surface area contributed by atoms with E-state index in [0.29, 0.717) is 9.99 Å². The molecule has 0 spiro atoms. The van der Waals surface area contributed by atoms with Crippen molar-refractivity contribution in [2.24, 2.45) is 0 Å². The number of carbonyl (C=O) groups excluding carboxylic acids is 1. The highest BCUT2D eigenvalue weighted by Gasteiger charge is 2.06. The van der Waals surface area contributed by atoms with Crippen molar-refractivity contribution in [1.82, 2.24) is 10.9 Å². The highest BCUT2D eigenvalue weighted by molar-refractivity contribution is 7.80. The summed E-state index contributed by atoms with van der Waals surface area (Å²) in [7, 11) is 0. The SMILES string of the molecule is O=C(NNC(=S)Nc1ccc(Oc2ccccc2)cc1)c1cccs1. The number of amides is 1. The lowest BCUT2D eigenvalue weighted by atomic mass is 10.3. The minimum Gasteiger partial charge on any atom is -0.457 e. The van der Waals surface area contributed by atoms with Gasteiger partial charge in [0, 0.05) is 5.69 Å². The summed E-state index contributed by atoms with van der Waals surface area (Å²) < 4.78 is 5.73. The summed E-state index contributed by atoms with van der Waals surface area (Å²) in [5, 5.41) is 5.12. The van der Waals surface area contributed by atoms with Gasteiger partial charge in [0.1, 0.15) is 11.5 Å². The maximum Gasteiger partial charge on any atom is 0.279 e. The average Bonchev–Trinajstić information content (AvgIpc) is 3.17. The molecule has 0 aliphatic carbocycles. The van der Waals surface area contributed by atoms with E-state index >= 15 is 0 Å². The molecule has 126 valence electrons. The number of hydrazine groups is 1. The number of nitrogens with one attached hydrogen (secondary N) is 3. The smallest absolute Gasteiger partial charge is 0.279 e. The Morgan fingerprint density at radius 1 is 0.880 bits per heavy atom. The Hall–Kier alpha value is -2.90. The monoisotopic (exact) mass is 369 g/mol. The van der Waals surface area contributed by atoms with Crippen molar-refractivity contribution in [2.75, 3.05) is 5.32 Å². The topological polar surface area (TPSA) is 62.4 Å². The maximum absolute atomic E-state index is 11.8. The molecule has 0 saturated carbocycles. The Morgan fingerprint density at radius 3 is 2.28 bits per heavy atom. The molecule has 0 atom stereocenters. The van der Waals surface area contributed by atoms with Gasteiger partial charge in [-0.15, -0.1) is 11.3 Å². The molecule has 0 aliphatic rings. The van der Waals surface area contributed by atoms with E-state index in [4.69, 9.17) is 17.0 Å². The van der Waals surface area contributed by atoms with Crippen molar-refractivity contribution in [1.29, 1.82) is 0 Å². The van der Waals surface area contributed by atoms with Crippen molar-refractivity contribution >= 4 is 40.3 Å². The molecule has 0 aliphatic heterocycles. The van der Waals surface area contributed by atoms with Crippen LogP contribution in [0, 0.1) is 0 Å². The molecule has 1 amide bonds. The van der Waals surface area contributed by atoms with Crippen LogP contribution < -0.4 is 20.9 Å². The van der Waals surface area contributed by atoms with Crippen LogP contribution in [0.5, 0.6) is 11.5 Å². The molecular formula is C18H15N3O2S2. The number of hydrogen-bond acceptors (Lipinski definition) is 4. The van der Waals surface area contributed by atoms with Crippen LogP contribution >= 0.6 is 23.6 Å². The van der Waals surface area contributed by atoms with Gasteiger partial charge in [-0.3, -0.25) is 15.6 Å². The van der Waals surface area contributed by atoms with Gasteiger partial charge < -0.3 is 10.1 Å². The minimum absolute atomic E-state index is 0.231. The lowest BCUT2D eigenvalue weighted by Crippen LogP contribution is -2.43. The first-order valence-electron chi connectivity index (χ1n) is 7.44. The van der Waals surface area contributed by atoms with Crippen molar-refractivity contribution in [3.63, 3.8) is 0 Å². The van der Waals surface area contributed by atoms with Crippen LogP contribution in [-0.4, -0.2) is 11.0 Å². The molecule has 7 heteroatoms. The van der Waals surface area contributed by atoms with Crippen LogP contribution in [-0.2, 0) is 0 Å². The number of carbonyl (C=O) groups is 1. The van der Waals surface area contributed by atoms with E-state index < -0.39 is 0 Å². The van der Waals surface area contributed by atoms with Crippen LogP contribution in [0.3, 0.4) is 0 Å². The summed E-state index contributed by atoms with van der Waals surface area (Å²) >= 11 is 6.52. The number of rotatable bonds is 4. The average molecular weight is 369 g/mol. The number of hydrogen-bond donors (Lipinski definition) is 3. The third-order valence-electron chi connectivity index (χ3n) is 3.13. The first-order valence-corrected chi connectivity index (χ1v) is 8.73. The van der Waals surface area contributed by atoms with Crippen LogP contribution in [0.1, 0.15) is 9.67 Å². The normalized spacial score (nSPS) is 9.92. The molecule has 0 saturated heterocycles. The Balaban J connectivity index is 1.49. The van der Waals surface area contributed by atoms with E-state index in [1.807, 2.05) is 66.0 Å². The van der Waals surface area contributed by atoms with Gasteiger partial charge in [0.05, 0.1) is 4.88 Å². The number of thiocarbonyl (C=S) groups is 1. The minimum atomic E-state index is -0.231. The third-order valence-corrected chi connectivity index (χ3v) is 4.20. The number of anilines is 1. The number of benzene rings is 2. The van der Waals surface area contributed by atoms with Crippen molar-refractivity contribution in [3.8, 4) is 11.5 Å². The van der Waals surface area contributed by atoms with Crippen LogP contribution in [0.25, 0.3) is 0 Å². The summed E-state index contributed by atoms with van der Waals surface area (Å²) in [6.07, 6.45) is 0. The standard InChI is InChI=1S/C18H15N3O2S2/c22-17(16-7-4-12-25-16)20-21-18(24)19-13-8-10-15(11-9-13)23-14-5-2-1-3-6-14/h1-12H,(H,20,22)(H2,19,21,24). The molecule has 1 heterocycles. The summed E-state index contributed by atoms with van der Waals surface area (Å²) in [5.74, 6) is 1.27. The zero-order valence-electron chi connectivity index (χ0n) is 13.1. The maximum atomic E-state index is 11.8. The molecule has 0 unspecified atom stereocenters. The zero-order chi connectivity index (χ0) is 17.5. The van der Waals surface area contributed by atoms with Gasteiger partial charge >= 0.3 is 0 Å². The number of para-hydroxylation sites is 1. The second-order valence-corrected chi connectivity index (χ2v) is 6.31. The van der Waals surface area contributed by atoms with Crippen LogP contribution in [0.4, 0.5) is 5.69 Å². The molecule has 2 aromatic carbocycles. The van der Waals surface area contributed by atoms with Gasteiger partial charge in [0.15, 0.2) is 5.11 Å². The largest absolute Gasteiger partial charge is 0.457 e. The molecule has 0 bridgehead atoms. The van der Waals surface area contributed by atoms with Crippen LogP contribution in [0.2, 0.25) is 0 Å². The van der Waals surface area contributed by atoms with Crippen molar-refractivity contribution < 1.29 is 9.53 Å². The molecule has 3 N–H and O–H groups in total. The molecule has 1 aromatic heterocycles. The predicted octanol–water partition coefficient (Wildman–Crippen LogP) is 4.17. The van der Waals surface area contributed by atoms with Crippen molar-refractivity contribution in [2.45, 2.75) is 0 Å². The zero-order valence-corrected chi connectivity index (χ0v) is 14.7. The molecule has 3 aromatic rings. The fourth-order valence-electron chi connectivity index (χ4n) is 1.98. The Kier molecular flexibility index (Phi) is 5.61. The lowest BCUT2D eigenvalue weighted by Gasteiger charge is -2.12. The number of thiophene rings is 1.